The average molecular weight is 405 g/mol. The van der Waals surface area contributed by atoms with Crippen LogP contribution in [0.25, 0.3) is 33.7 Å². The Balaban J connectivity index is 1.95. The van der Waals surface area contributed by atoms with Gasteiger partial charge in [0.1, 0.15) is 0 Å². The van der Waals surface area contributed by atoms with Gasteiger partial charge in [0.2, 0.25) is 0 Å². The standard InChI is InChI=1S/C23H19NO4S/c1-16-13-19(24(23(25)14-16)28-29(2,26)27)11-12-22-20-9-5-3-7-17(20)15-18-8-4-6-10-21(18)22/h3-15H,1-2H3/b12-11+. The van der Waals surface area contributed by atoms with Gasteiger partial charge in [0.15, 0.2) is 0 Å². The Hall–Kier alpha value is -3.38. The third kappa shape index (κ3) is 3.93. The minimum absolute atomic E-state index is 0.345. The van der Waals surface area contributed by atoms with Gasteiger partial charge in [-0.05, 0) is 57.8 Å². The van der Waals surface area contributed by atoms with E-state index in [1.54, 1.807) is 19.1 Å². The number of nitrogens with zero attached hydrogens (tertiary/aromatic N) is 1. The van der Waals surface area contributed by atoms with Crippen molar-refractivity contribution in [3.63, 3.8) is 0 Å². The number of hydrogen-bond acceptors (Lipinski definition) is 4. The van der Waals surface area contributed by atoms with Gasteiger partial charge in [0.05, 0.1) is 11.9 Å². The molecule has 5 nitrogen and oxygen atoms in total. The lowest BCUT2D eigenvalue weighted by Crippen LogP contribution is -2.31. The third-order valence-electron chi connectivity index (χ3n) is 4.60. The summed E-state index contributed by atoms with van der Waals surface area (Å²) in [4.78, 5) is 12.3. The van der Waals surface area contributed by atoms with E-state index in [1.165, 1.54) is 6.07 Å². The van der Waals surface area contributed by atoms with Crippen LogP contribution in [0.5, 0.6) is 0 Å². The molecule has 1 heterocycles. The molecule has 0 aliphatic carbocycles. The maximum Gasteiger partial charge on any atom is 0.324 e. The van der Waals surface area contributed by atoms with Crippen molar-refractivity contribution < 1.29 is 12.7 Å². The molecule has 0 saturated heterocycles. The molecule has 0 unspecified atom stereocenters. The summed E-state index contributed by atoms with van der Waals surface area (Å²) in [5.74, 6) is 0. The van der Waals surface area contributed by atoms with Crippen molar-refractivity contribution in [1.82, 2.24) is 4.73 Å². The zero-order valence-corrected chi connectivity index (χ0v) is 16.8. The molecule has 0 amide bonds. The number of hydrogen-bond donors (Lipinski definition) is 0. The lowest BCUT2D eigenvalue weighted by Gasteiger charge is -2.11. The molecule has 4 rings (SSSR count). The van der Waals surface area contributed by atoms with Crippen LogP contribution in [0.1, 0.15) is 16.8 Å². The fourth-order valence-corrected chi connectivity index (χ4v) is 3.87. The smallest absolute Gasteiger partial charge is 0.284 e. The van der Waals surface area contributed by atoms with E-state index in [2.05, 4.69) is 18.2 Å². The molecule has 1 aromatic heterocycles. The number of pyridine rings is 1. The van der Waals surface area contributed by atoms with Gasteiger partial charge in [-0.25, -0.2) is 0 Å². The molecule has 0 radical (unpaired) electrons. The molecule has 3 aromatic carbocycles. The lowest BCUT2D eigenvalue weighted by atomic mass is 9.96. The first-order valence-corrected chi connectivity index (χ1v) is 10.9. The Morgan fingerprint density at radius 1 is 0.862 bits per heavy atom. The number of benzene rings is 3. The van der Waals surface area contributed by atoms with Gasteiger partial charge in [-0.3, -0.25) is 9.08 Å². The van der Waals surface area contributed by atoms with Crippen LogP contribution < -0.4 is 9.84 Å². The van der Waals surface area contributed by atoms with E-state index >= 15 is 0 Å². The zero-order valence-electron chi connectivity index (χ0n) is 16.0. The van der Waals surface area contributed by atoms with Crippen LogP contribution in [0.2, 0.25) is 0 Å². The van der Waals surface area contributed by atoms with Crippen LogP contribution in [0.4, 0.5) is 0 Å². The second kappa shape index (κ2) is 7.22. The van der Waals surface area contributed by atoms with Crippen LogP contribution in [-0.4, -0.2) is 19.4 Å². The largest absolute Gasteiger partial charge is 0.324 e. The van der Waals surface area contributed by atoms with E-state index in [4.69, 9.17) is 4.28 Å². The van der Waals surface area contributed by atoms with Gasteiger partial charge in [-0.15, -0.1) is 4.73 Å². The molecular weight excluding hydrogens is 386 g/mol. The second-order valence-corrected chi connectivity index (χ2v) is 8.49. The fourth-order valence-electron chi connectivity index (χ4n) is 3.44. The Morgan fingerprint density at radius 3 is 2.03 bits per heavy atom. The summed E-state index contributed by atoms with van der Waals surface area (Å²) >= 11 is 0. The zero-order chi connectivity index (χ0) is 20.6. The van der Waals surface area contributed by atoms with Gasteiger partial charge < -0.3 is 0 Å². The van der Waals surface area contributed by atoms with E-state index in [1.807, 2.05) is 42.5 Å². The van der Waals surface area contributed by atoms with Crippen molar-refractivity contribution in [2.75, 3.05) is 6.26 Å². The van der Waals surface area contributed by atoms with Crippen molar-refractivity contribution in [3.05, 3.63) is 93.9 Å². The topological polar surface area (TPSA) is 65.4 Å². The molecule has 0 aliphatic heterocycles. The molecule has 0 spiro atoms. The summed E-state index contributed by atoms with van der Waals surface area (Å²) in [7, 11) is -3.86. The highest BCUT2D eigenvalue weighted by Crippen LogP contribution is 2.30. The molecule has 0 aliphatic rings. The van der Waals surface area contributed by atoms with Crippen LogP contribution >= 0.6 is 0 Å². The number of rotatable bonds is 4. The van der Waals surface area contributed by atoms with Crippen molar-refractivity contribution in [2.45, 2.75) is 6.92 Å². The Bertz CT molecular complexity index is 1380. The first-order valence-electron chi connectivity index (χ1n) is 9.04. The van der Waals surface area contributed by atoms with E-state index in [9.17, 15) is 13.2 Å². The Morgan fingerprint density at radius 2 is 1.45 bits per heavy atom. The molecule has 0 atom stereocenters. The third-order valence-corrected chi connectivity index (χ3v) is 5.02. The van der Waals surface area contributed by atoms with Gasteiger partial charge in [-0.1, -0.05) is 54.6 Å². The average Bonchev–Trinajstić information content (AvgIpc) is 2.66. The summed E-state index contributed by atoms with van der Waals surface area (Å²) in [5.41, 5.74) is 1.50. The molecule has 6 heteroatoms. The monoisotopic (exact) mass is 405 g/mol. The molecule has 0 bridgehead atoms. The summed E-state index contributed by atoms with van der Waals surface area (Å²) < 4.78 is 28.9. The van der Waals surface area contributed by atoms with Crippen LogP contribution in [0, 0.1) is 6.92 Å². The van der Waals surface area contributed by atoms with Crippen molar-refractivity contribution in [2.24, 2.45) is 0 Å². The van der Waals surface area contributed by atoms with Gasteiger partial charge >= 0.3 is 10.1 Å². The van der Waals surface area contributed by atoms with E-state index < -0.39 is 15.7 Å². The molecule has 0 saturated carbocycles. The molecule has 146 valence electrons. The SMILES string of the molecule is Cc1cc(/C=C/c2c3ccccc3cc3ccccc23)n(OS(C)(=O)=O)c(=O)c1. The first kappa shape index (κ1) is 19.0. The minimum Gasteiger partial charge on any atom is -0.284 e. The van der Waals surface area contributed by atoms with Gasteiger partial charge in [-0.2, -0.15) is 8.42 Å². The summed E-state index contributed by atoms with van der Waals surface area (Å²) in [6, 6.07) is 21.3. The van der Waals surface area contributed by atoms with Crippen LogP contribution in [-0.2, 0) is 10.1 Å². The number of fused-ring (bicyclic) bond motifs is 2. The number of aryl methyl sites for hydroxylation is 1. The summed E-state index contributed by atoms with van der Waals surface area (Å²) in [6.07, 6.45) is 4.50. The highest BCUT2D eigenvalue weighted by atomic mass is 32.2. The van der Waals surface area contributed by atoms with Crippen molar-refractivity contribution >= 4 is 43.8 Å². The molecule has 0 fully saturated rings. The Kier molecular flexibility index (Phi) is 4.72. The van der Waals surface area contributed by atoms with E-state index in [-0.39, 0.29) is 0 Å². The van der Waals surface area contributed by atoms with Crippen LogP contribution in [0.15, 0.2) is 71.5 Å². The fraction of sp³-hybridized carbons (Fsp3) is 0.0870. The van der Waals surface area contributed by atoms with E-state index in [0.717, 1.165) is 38.1 Å². The van der Waals surface area contributed by atoms with Crippen molar-refractivity contribution in [1.29, 1.82) is 0 Å². The highest BCUT2D eigenvalue weighted by molar-refractivity contribution is 7.86. The Labute approximate surface area is 168 Å². The highest BCUT2D eigenvalue weighted by Gasteiger charge is 2.11. The molecular formula is C23H19NO4S. The molecule has 0 N–H and O–H groups in total. The second-order valence-electron chi connectivity index (χ2n) is 6.93. The number of aromatic nitrogens is 1. The maximum absolute atomic E-state index is 12.3. The predicted molar refractivity (Wildman–Crippen MR) is 117 cm³/mol. The summed E-state index contributed by atoms with van der Waals surface area (Å²) in [5, 5.41) is 4.32. The van der Waals surface area contributed by atoms with Gasteiger partial charge in [0.25, 0.3) is 5.56 Å². The molecule has 4 aromatic rings. The lowest BCUT2D eigenvalue weighted by molar-refractivity contribution is 0.267. The van der Waals surface area contributed by atoms with Gasteiger partial charge in [0, 0.05) is 6.07 Å². The minimum atomic E-state index is -3.86. The maximum atomic E-state index is 12.3. The quantitative estimate of drug-likeness (QED) is 0.481. The van der Waals surface area contributed by atoms with Crippen molar-refractivity contribution in [3.8, 4) is 0 Å². The van der Waals surface area contributed by atoms with Crippen LogP contribution in [0.3, 0.4) is 0 Å². The first-order chi connectivity index (χ1) is 13.8. The normalized spacial score (nSPS) is 12.1. The van der Waals surface area contributed by atoms with E-state index in [0.29, 0.717) is 11.3 Å². The predicted octanol–water partition coefficient (Wildman–Crippen LogP) is 4.02. The molecule has 29 heavy (non-hydrogen) atoms. The summed E-state index contributed by atoms with van der Waals surface area (Å²) in [6.45, 7) is 1.77.